The SMILES string of the molecule is CCCC[C@H](NC(=O)[C@@H](N)Cc1ccccc1)C(=O)N[C@@H](Cc1ccccc1)C(=O)N[C@@H](CCCCN)C(=O)O. The van der Waals surface area contributed by atoms with Crippen molar-refractivity contribution in [1.82, 2.24) is 16.0 Å². The van der Waals surface area contributed by atoms with Gasteiger partial charge in [0.15, 0.2) is 0 Å². The zero-order valence-electron chi connectivity index (χ0n) is 23.2. The Morgan fingerprint density at radius 1 is 0.700 bits per heavy atom. The molecule has 0 radical (unpaired) electrons. The van der Waals surface area contributed by atoms with Gasteiger partial charge in [0.05, 0.1) is 6.04 Å². The van der Waals surface area contributed by atoms with Gasteiger partial charge >= 0.3 is 5.97 Å². The van der Waals surface area contributed by atoms with Crippen LogP contribution in [-0.2, 0) is 32.0 Å². The highest BCUT2D eigenvalue weighted by Crippen LogP contribution is 2.09. The molecule has 40 heavy (non-hydrogen) atoms. The van der Waals surface area contributed by atoms with Crippen LogP contribution in [0.3, 0.4) is 0 Å². The van der Waals surface area contributed by atoms with E-state index < -0.39 is 47.9 Å². The molecule has 10 heteroatoms. The van der Waals surface area contributed by atoms with Gasteiger partial charge in [-0.1, -0.05) is 80.4 Å². The van der Waals surface area contributed by atoms with Crippen molar-refractivity contribution in [2.45, 2.75) is 82.5 Å². The molecule has 0 bridgehead atoms. The zero-order chi connectivity index (χ0) is 29.3. The number of carboxylic acid groups (broad SMARTS) is 1. The average molecular weight is 554 g/mol. The highest BCUT2D eigenvalue weighted by Gasteiger charge is 2.30. The van der Waals surface area contributed by atoms with Gasteiger partial charge in [-0.2, -0.15) is 0 Å². The Hall–Kier alpha value is -3.76. The summed E-state index contributed by atoms with van der Waals surface area (Å²) in [5.74, 6) is -2.76. The summed E-state index contributed by atoms with van der Waals surface area (Å²) in [6, 6.07) is 14.6. The van der Waals surface area contributed by atoms with Crippen LogP contribution in [0.2, 0.25) is 0 Å². The van der Waals surface area contributed by atoms with Crippen LogP contribution in [-0.4, -0.2) is 59.5 Å². The maximum Gasteiger partial charge on any atom is 0.326 e. The molecular weight excluding hydrogens is 510 g/mol. The molecule has 2 aromatic rings. The lowest BCUT2D eigenvalue weighted by Gasteiger charge is -2.25. The van der Waals surface area contributed by atoms with Gasteiger partial charge in [0, 0.05) is 6.42 Å². The quantitative estimate of drug-likeness (QED) is 0.152. The normalized spacial score (nSPS) is 13.9. The summed E-state index contributed by atoms with van der Waals surface area (Å²) >= 11 is 0. The van der Waals surface area contributed by atoms with E-state index in [-0.39, 0.29) is 12.8 Å². The number of nitrogens with one attached hydrogen (secondary N) is 3. The fourth-order valence-corrected chi connectivity index (χ4v) is 4.27. The number of unbranched alkanes of at least 4 members (excludes halogenated alkanes) is 2. The number of nitrogens with two attached hydrogens (primary N) is 2. The van der Waals surface area contributed by atoms with Crippen LogP contribution in [0.4, 0.5) is 0 Å². The molecule has 8 N–H and O–H groups in total. The number of amides is 3. The molecule has 0 unspecified atom stereocenters. The van der Waals surface area contributed by atoms with E-state index in [0.717, 1.165) is 17.5 Å². The second-order valence-electron chi connectivity index (χ2n) is 9.93. The van der Waals surface area contributed by atoms with Gasteiger partial charge in [0.2, 0.25) is 17.7 Å². The summed E-state index contributed by atoms with van der Waals surface area (Å²) in [7, 11) is 0. The predicted molar refractivity (Wildman–Crippen MR) is 154 cm³/mol. The highest BCUT2D eigenvalue weighted by atomic mass is 16.4. The molecule has 0 saturated carbocycles. The first kappa shape index (κ1) is 32.5. The standard InChI is InChI=1S/C30H43N5O5/c1-2-3-16-24(33-27(36)23(32)19-21-12-6-4-7-13-21)28(37)35-26(20-22-14-8-5-9-15-22)29(38)34-25(30(39)40)17-10-11-18-31/h4-9,12-15,23-26H,2-3,10-11,16-20,31-32H2,1H3,(H,33,36)(H,34,38)(H,35,37)(H,39,40)/t23-,24-,25-,26-/m0/s1. The second-order valence-corrected chi connectivity index (χ2v) is 9.93. The summed E-state index contributed by atoms with van der Waals surface area (Å²) in [5.41, 5.74) is 13.3. The molecule has 0 spiro atoms. The van der Waals surface area contributed by atoms with Gasteiger partial charge in [-0.05, 0) is 49.8 Å². The van der Waals surface area contributed by atoms with Crippen LogP contribution in [0, 0.1) is 0 Å². The minimum atomic E-state index is -1.16. The van der Waals surface area contributed by atoms with Crippen LogP contribution < -0.4 is 27.4 Å². The minimum absolute atomic E-state index is 0.148. The molecule has 10 nitrogen and oxygen atoms in total. The zero-order valence-corrected chi connectivity index (χ0v) is 23.2. The largest absolute Gasteiger partial charge is 0.480 e. The summed E-state index contributed by atoms with van der Waals surface area (Å²) < 4.78 is 0. The fraction of sp³-hybridized carbons (Fsp3) is 0.467. The van der Waals surface area contributed by atoms with Gasteiger partial charge in [-0.15, -0.1) is 0 Å². The van der Waals surface area contributed by atoms with Gasteiger partial charge < -0.3 is 32.5 Å². The molecule has 0 aliphatic rings. The van der Waals surface area contributed by atoms with Crippen molar-refractivity contribution in [1.29, 1.82) is 0 Å². The van der Waals surface area contributed by atoms with Crippen molar-refractivity contribution in [3.63, 3.8) is 0 Å². The van der Waals surface area contributed by atoms with Crippen LogP contribution in [0.15, 0.2) is 60.7 Å². The number of benzene rings is 2. The summed E-state index contributed by atoms with van der Waals surface area (Å²) in [6.45, 7) is 2.40. The lowest BCUT2D eigenvalue weighted by atomic mass is 10.0. The first-order valence-electron chi connectivity index (χ1n) is 13.9. The highest BCUT2D eigenvalue weighted by molar-refractivity contribution is 5.94. The number of rotatable bonds is 18. The van der Waals surface area contributed by atoms with E-state index in [0.29, 0.717) is 38.6 Å². The van der Waals surface area contributed by atoms with Gasteiger partial charge in [0.1, 0.15) is 18.1 Å². The molecule has 3 amide bonds. The van der Waals surface area contributed by atoms with E-state index in [1.54, 1.807) is 0 Å². The van der Waals surface area contributed by atoms with Gasteiger partial charge in [0.25, 0.3) is 0 Å². The summed E-state index contributed by atoms with van der Waals surface area (Å²) in [6.07, 6.45) is 3.69. The van der Waals surface area contributed by atoms with E-state index in [2.05, 4.69) is 16.0 Å². The van der Waals surface area contributed by atoms with Crippen molar-refractivity contribution in [3.05, 3.63) is 71.8 Å². The van der Waals surface area contributed by atoms with Crippen molar-refractivity contribution < 1.29 is 24.3 Å². The third-order valence-corrected chi connectivity index (χ3v) is 6.59. The Labute approximate surface area is 236 Å². The Bertz CT molecular complexity index is 1070. The van der Waals surface area contributed by atoms with Crippen molar-refractivity contribution >= 4 is 23.7 Å². The number of aliphatic carboxylic acids is 1. The number of carboxylic acids is 1. The maximum absolute atomic E-state index is 13.4. The molecular formula is C30H43N5O5. The average Bonchev–Trinajstić information content (AvgIpc) is 2.95. The van der Waals surface area contributed by atoms with Crippen LogP contribution >= 0.6 is 0 Å². The molecule has 0 fully saturated rings. The summed E-state index contributed by atoms with van der Waals surface area (Å²) in [4.78, 5) is 51.4. The molecule has 218 valence electrons. The lowest BCUT2D eigenvalue weighted by molar-refractivity contribution is -0.142. The van der Waals surface area contributed by atoms with Crippen LogP contribution in [0.5, 0.6) is 0 Å². The monoisotopic (exact) mass is 553 g/mol. The van der Waals surface area contributed by atoms with E-state index in [1.807, 2.05) is 67.6 Å². The smallest absolute Gasteiger partial charge is 0.326 e. The topological polar surface area (TPSA) is 177 Å². The third-order valence-electron chi connectivity index (χ3n) is 6.59. The molecule has 2 rings (SSSR count). The third kappa shape index (κ3) is 11.5. The summed E-state index contributed by atoms with van der Waals surface area (Å²) in [5, 5.41) is 17.7. The van der Waals surface area contributed by atoms with Crippen molar-refractivity contribution in [2.75, 3.05) is 6.54 Å². The van der Waals surface area contributed by atoms with E-state index in [9.17, 15) is 24.3 Å². The van der Waals surface area contributed by atoms with Crippen molar-refractivity contribution in [3.8, 4) is 0 Å². The van der Waals surface area contributed by atoms with E-state index in [1.165, 1.54) is 0 Å². The van der Waals surface area contributed by atoms with E-state index >= 15 is 0 Å². The van der Waals surface area contributed by atoms with Crippen molar-refractivity contribution in [2.24, 2.45) is 11.5 Å². The van der Waals surface area contributed by atoms with Gasteiger partial charge in [-0.25, -0.2) is 4.79 Å². The van der Waals surface area contributed by atoms with Crippen LogP contribution in [0.1, 0.15) is 56.6 Å². The Balaban J connectivity index is 2.16. The Kier molecular flexibility index (Phi) is 14.4. The molecule has 0 aliphatic heterocycles. The lowest BCUT2D eigenvalue weighted by Crippen LogP contribution is -2.57. The Morgan fingerprint density at radius 3 is 1.75 bits per heavy atom. The number of hydrogen-bond donors (Lipinski definition) is 6. The molecule has 0 aromatic heterocycles. The molecule has 0 aliphatic carbocycles. The molecule has 0 heterocycles. The van der Waals surface area contributed by atoms with Crippen LogP contribution in [0.25, 0.3) is 0 Å². The number of carbonyl (C=O) groups excluding carboxylic acids is 3. The molecule has 4 atom stereocenters. The van der Waals surface area contributed by atoms with Gasteiger partial charge in [-0.3, -0.25) is 14.4 Å². The fourth-order valence-electron chi connectivity index (χ4n) is 4.27. The molecule has 0 saturated heterocycles. The Morgan fingerprint density at radius 2 is 1.20 bits per heavy atom. The molecule has 2 aromatic carbocycles. The number of carbonyl (C=O) groups is 4. The second kappa shape index (κ2) is 17.8. The first-order valence-corrected chi connectivity index (χ1v) is 13.9. The first-order chi connectivity index (χ1) is 19.2. The minimum Gasteiger partial charge on any atom is -0.480 e. The maximum atomic E-state index is 13.4. The van der Waals surface area contributed by atoms with E-state index in [4.69, 9.17) is 11.5 Å². The predicted octanol–water partition coefficient (Wildman–Crippen LogP) is 1.66. The number of hydrogen-bond acceptors (Lipinski definition) is 6.